The number of amides is 1. The summed E-state index contributed by atoms with van der Waals surface area (Å²) in [5.74, 6) is -0.327. The third-order valence-corrected chi connectivity index (χ3v) is 4.64. The average molecular weight is 363 g/mol. The van der Waals surface area contributed by atoms with Crippen LogP contribution in [0, 0.1) is 5.92 Å². The summed E-state index contributed by atoms with van der Waals surface area (Å²) < 4.78 is 5.58. The van der Waals surface area contributed by atoms with Gasteiger partial charge < -0.3 is 10.1 Å². The highest BCUT2D eigenvalue weighted by atomic mass is 16.5. The van der Waals surface area contributed by atoms with Crippen LogP contribution in [0.3, 0.4) is 0 Å². The van der Waals surface area contributed by atoms with Crippen molar-refractivity contribution in [3.63, 3.8) is 0 Å². The first kappa shape index (κ1) is 18.9. The van der Waals surface area contributed by atoms with Gasteiger partial charge >= 0.3 is 5.97 Å². The molecule has 2 aromatic carbocycles. The van der Waals surface area contributed by atoms with Gasteiger partial charge in [0.05, 0.1) is 0 Å². The zero-order chi connectivity index (χ0) is 19.3. The molecule has 0 saturated carbocycles. The van der Waals surface area contributed by atoms with Crippen molar-refractivity contribution in [3.05, 3.63) is 77.4 Å². The molecular formula is C23H25NO3. The number of carbonyl (C=O) groups excluding carboxylic acids is 2. The van der Waals surface area contributed by atoms with Crippen molar-refractivity contribution in [2.24, 2.45) is 5.92 Å². The predicted molar refractivity (Wildman–Crippen MR) is 106 cm³/mol. The first-order valence-electron chi connectivity index (χ1n) is 9.28. The van der Waals surface area contributed by atoms with Crippen LogP contribution in [0.15, 0.2) is 66.2 Å². The van der Waals surface area contributed by atoms with E-state index in [-0.39, 0.29) is 24.4 Å². The Hall–Kier alpha value is -2.88. The Balaban J connectivity index is 1.79. The summed E-state index contributed by atoms with van der Waals surface area (Å²) in [6.45, 7) is 4.28. The van der Waals surface area contributed by atoms with Crippen LogP contribution in [-0.2, 0) is 20.9 Å². The van der Waals surface area contributed by atoms with E-state index in [4.69, 9.17) is 4.74 Å². The Morgan fingerprint density at radius 1 is 1.11 bits per heavy atom. The van der Waals surface area contributed by atoms with E-state index in [2.05, 4.69) is 5.32 Å². The van der Waals surface area contributed by atoms with Crippen molar-refractivity contribution in [3.8, 4) is 0 Å². The summed E-state index contributed by atoms with van der Waals surface area (Å²) in [7, 11) is 0. The normalized spacial score (nSPS) is 20.7. The Morgan fingerprint density at radius 3 is 2.37 bits per heavy atom. The summed E-state index contributed by atoms with van der Waals surface area (Å²) in [6.07, 6.45) is 2.73. The first-order valence-corrected chi connectivity index (χ1v) is 9.28. The molecule has 1 aliphatic heterocycles. The number of carbonyl (C=O) groups is 2. The topological polar surface area (TPSA) is 55.4 Å². The number of ether oxygens (including phenoxy) is 1. The fourth-order valence-electron chi connectivity index (χ4n) is 3.50. The van der Waals surface area contributed by atoms with E-state index in [1.807, 2.05) is 80.6 Å². The van der Waals surface area contributed by atoms with Gasteiger partial charge in [-0.15, -0.1) is 0 Å². The van der Waals surface area contributed by atoms with Crippen molar-refractivity contribution in [1.82, 2.24) is 5.32 Å². The molecule has 0 spiro atoms. The quantitative estimate of drug-likeness (QED) is 0.620. The summed E-state index contributed by atoms with van der Waals surface area (Å²) in [5.41, 5.74) is 1.48. The minimum atomic E-state index is -0.999. The van der Waals surface area contributed by atoms with E-state index in [1.165, 1.54) is 0 Å². The highest BCUT2D eigenvalue weighted by molar-refractivity contribution is 6.05. The predicted octanol–water partition coefficient (Wildman–Crippen LogP) is 4.12. The summed E-state index contributed by atoms with van der Waals surface area (Å²) in [4.78, 5) is 25.5. The molecule has 1 saturated heterocycles. The summed E-state index contributed by atoms with van der Waals surface area (Å²) in [6, 6.07) is 19.2. The molecule has 1 unspecified atom stereocenters. The number of benzene rings is 2. The molecule has 2 aromatic rings. The molecule has 0 aliphatic carbocycles. The molecule has 0 radical (unpaired) electrons. The van der Waals surface area contributed by atoms with Crippen LogP contribution in [0.4, 0.5) is 0 Å². The second-order valence-corrected chi connectivity index (χ2v) is 7.45. The minimum absolute atomic E-state index is 0.198. The van der Waals surface area contributed by atoms with Gasteiger partial charge in [0.2, 0.25) is 5.91 Å². The lowest BCUT2D eigenvalue weighted by molar-refractivity contribution is -0.154. The molecule has 4 heteroatoms. The molecule has 140 valence electrons. The zero-order valence-electron chi connectivity index (χ0n) is 15.8. The van der Waals surface area contributed by atoms with Gasteiger partial charge in [-0.3, -0.25) is 4.79 Å². The number of hydrogen-bond acceptors (Lipinski definition) is 3. The van der Waals surface area contributed by atoms with Crippen molar-refractivity contribution >= 4 is 18.0 Å². The van der Waals surface area contributed by atoms with Gasteiger partial charge in [0.1, 0.15) is 12.1 Å². The van der Waals surface area contributed by atoms with Gasteiger partial charge in [-0.2, -0.15) is 0 Å². The molecule has 0 aromatic heterocycles. The van der Waals surface area contributed by atoms with Crippen LogP contribution in [0.5, 0.6) is 0 Å². The SMILES string of the molecule is CC(C)CC1(C(=O)OCc2ccccc2)C/C(=C\c2ccccc2)C(=O)N1. The maximum atomic E-state index is 13.0. The fourth-order valence-corrected chi connectivity index (χ4v) is 3.50. The molecule has 1 N–H and O–H groups in total. The maximum Gasteiger partial charge on any atom is 0.332 e. The second-order valence-electron chi connectivity index (χ2n) is 7.45. The summed E-state index contributed by atoms with van der Waals surface area (Å²) in [5, 5.41) is 2.92. The van der Waals surface area contributed by atoms with Crippen LogP contribution < -0.4 is 5.32 Å². The molecule has 4 nitrogen and oxygen atoms in total. The van der Waals surface area contributed by atoms with Crippen LogP contribution in [0.25, 0.3) is 6.08 Å². The molecular weight excluding hydrogens is 338 g/mol. The Morgan fingerprint density at radius 2 is 1.74 bits per heavy atom. The van der Waals surface area contributed by atoms with Gasteiger partial charge in [0.15, 0.2) is 0 Å². The van der Waals surface area contributed by atoms with E-state index in [0.717, 1.165) is 11.1 Å². The fraction of sp³-hybridized carbons (Fsp3) is 0.304. The van der Waals surface area contributed by atoms with Crippen LogP contribution in [0.2, 0.25) is 0 Å². The first-order chi connectivity index (χ1) is 13.0. The largest absolute Gasteiger partial charge is 0.459 e. The lowest BCUT2D eigenvalue weighted by atomic mass is 9.86. The third kappa shape index (κ3) is 4.64. The maximum absolute atomic E-state index is 13.0. The van der Waals surface area contributed by atoms with Gasteiger partial charge in [-0.05, 0) is 29.5 Å². The van der Waals surface area contributed by atoms with Crippen molar-refractivity contribution in [2.45, 2.75) is 38.8 Å². The smallest absolute Gasteiger partial charge is 0.332 e. The second kappa shape index (κ2) is 8.21. The molecule has 1 atom stereocenters. The number of nitrogens with one attached hydrogen (secondary N) is 1. The number of esters is 1. The molecule has 1 amide bonds. The van der Waals surface area contributed by atoms with E-state index in [9.17, 15) is 9.59 Å². The van der Waals surface area contributed by atoms with Gasteiger partial charge in [0.25, 0.3) is 0 Å². The van der Waals surface area contributed by atoms with E-state index >= 15 is 0 Å². The number of hydrogen-bond donors (Lipinski definition) is 1. The molecule has 1 heterocycles. The molecule has 1 aliphatic rings. The van der Waals surface area contributed by atoms with Crippen molar-refractivity contribution < 1.29 is 14.3 Å². The van der Waals surface area contributed by atoms with E-state index in [1.54, 1.807) is 0 Å². The molecule has 27 heavy (non-hydrogen) atoms. The standard InChI is InChI=1S/C23H25NO3/c1-17(2)14-23(22(26)27-16-19-11-7-4-8-12-19)15-20(21(25)24-23)13-18-9-5-3-6-10-18/h3-13,17H,14-16H2,1-2H3,(H,24,25)/b20-13+. The Kier molecular flexibility index (Phi) is 5.75. The Bertz CT molecular complexity index is 827. The van der Waals surface area contributed by atoms with Crippen LogP contribution >= 0.6 is 0 Å². The van der Waals surface area contributed by atoms with Crippen molar-refractivity contribution in [1.29, 1.82) is 0 Å². The lowest BCUT2D eigenvalue weighted by Crippen LogP contribution is -2.50. The minimum Gasteiger partial charge on any atom is -0.459 e. The van der Waals surface area contributed by atoms with Crippen LogP contribution in [-0.4, -0.2) is 17.4 Å². The summed E-state index contributed by atoms with van der Waals surface area (Å²) >= 11 is 0. The third-order valence-electron chi connectivity index (χ3n) is 4.64. The zero-order valence-corrected chi connectivity index (χ0v) is 15.8. The van der Waals surface area contributed by atoms with Gasteiger partial charge in [0, 0.05) is 12.0 Å². The average Bonchev–Trinajstić information content (AvgIpc) is 2.97. The lowest BCUT2D eigenvalue weighted by Gasteiger charge is -2.28. The van der Waals surface area contributed by atoms with E-state index < -0.39 is 5.54 Å². The molecule has 3 rings (SSSR count). The molecule has 0 bridgehead atoms. The number of rotatable bonds is 6. The van der Waals surface area contributed by atoms with Gasteiger partial charge in [-0.25, -0.2) is 4.79 Å². The molecule has 1 fully saturated rings. The van der Waals surface area contributed by atoms with Gasteiger partial charge in [-0.1, -0.05) is 74.5 Å². The van der Waals surface area contributed by atoms with Crippen LogP contribution in [0.1, 0.15) is 37.8 Å². The highest BCUT2D eigenvalue weighted by Gasteiger charge is 2.48. The van der Waals surface area contributed by atoms with Crippen molar-refractivity contribution in [2.75, 3.05) is 0 Å². The van der Waals surface area contributed by atoms with E-state index in [0.29, 0.717) is 18.4 Å². The highest BCUT2D eigenvalue weighted by Crippen LogP contribution is 2.33. The monoisotopic (exact) mass is 363 g/mol. The Labute approximate surface area is 160 Å².